The Bertz CT molecular complexity index is 556. The van der Waals surface area contributed by atoms with Gasteiger partial charge in [0, 0.05) is 12.5 Å². The quantitative estimate of drug-likeness (QED) is 0.876. The lowest BCUT2D eigenvalue weighted by Gasteiger charge is -2.21. The lowest BCUT2D eigenvalue weighted by Crippen LogP contribution is -2.14. The minimum Gasteiger partial charge on any atom is -0.388 e. The zero-order valence-electron chi connectivity index (χ0n) is 10.6. The van der Waals surface area contributed by atoms with Gasteiger partial charge in [0.15, 0.2) is 0 Å². The van der Waals surface area contributed by atoms with Crippen LogP contribution in [-0.4, -0.2) is 18.3 Å². The van der Waals surface area contributed by atoms with Gasteiger partial charge in [0.25, 0.3) is 0 Å². The Morgan fingerprint density at radius 1 is 1.22 bits per heavy atom. The monoisotopic (exact) mass is 242 g/mol. The van der Waals surface area contributed by atoms with Crippen molar-refractivity contribution in [3.8, 4) is 0 Å². The van der Waals surface area contributed by atoms with E-state index in [9.17, 15) is 5.11 Å². The van der Waals surface area contributed by atoms with Gasteiger partial charge in [0.2, 0.25) is 0 Å². The Morgan fingerprint density at radius 2 is 2.06 bits per heavy atom. The maximum Gasteiger partial charge on any atom is 0.0849 e. The summed E-state index contributed by atoms with van der Waals surface area (Å²) in [5.74, 6) is 0.231. The van der Waals surface area contributed by atoms with Crippen LogP contribution < -0.4 is 0 Å². The van der Waals surface area contributed by atoms with Gasteiger partial charge >= 0.3 is 0 Å². The van der Waals surface area contributed by atoms with E-state index in [4.69, 9.17) is 4.74 Å². The first-order valence-electron chi connectivity index (χ1n) is 6.51. The molecular weight excluding hydrogens is 224 g/mol. The first-order chi connectivity index (χ1) is 8.77. The number of hydrogen-bond acceptors (Lipinski definition) is 2. The molecule has 2 nitrogen and oxygen atoms in total. The average molecular weight is 242 g/mol. The fraction of sp³-hybridized carbons (Fsp3) is 0.375. The molecule has 0 radical (unpaired) electrons. The van der Waals surface area contributed by atoms with Crippen LogP contribution in [0, 0.1) is 12.8 Å². The number of aryl methyl sites for hydroxylation is 1. The number of aliphatic hydroxyl groups is 1. The van der Waals surface area contributed by atoms with Crippen LogP contribution in [0.5, 0.6) is 0 Å². The number of rotatable bonds is 2. The van der Waals surface area contributed by atoms with Crippen LogP contribution in [0.1, 0.15) is 23.7 Å². The van der Waals surface area contributed by atoms with Crippen molar-refractivity contribution in [2.24, 2.45) is 5.92 Å². The molecule has 0 aliphatic carbocycles. The Morgan fingerprint density at radius 3 is 2.83 bits per heavy atom. The van der Waals surface area contributed by atoms with Crippen LogP contribution >= 0.6 is 0 Å². The first-order valence-corrected chi connectivity index (χ1v) is 6.51. The summed E-state index contributed by atoms with van der Waals surface area (Å²) < 4.78 is 5.39. The molecule has 0 amide bonds. The third-order valence-corrected chi connectivity index (χ3v) is 3.90. The Kier molecular flexibility index (Phi) is 3.06. The molecule has 1 aliphatic rings. The lowest BCUT2D eigenvalue weighted by atomic mass is 9.88. The smallest absolute Gasteiger partial charge is 0.0849 e. The van der Waals surface area contributed by atoms with Crippen LogP contribution in [-0.2, 0) is 4.74 Å². The summed E-state index contributed by atoms with van der Waals surface area (Å²) in [6.07, 6.45) is 0.530. The first kappa shape index (κ1) is 11.7. The largest absolute Gasteiger partial charge is 0.388 e. The van der Waals surface area contributed by atoms with E-state index in [1.807, 2.05) is 12.1 Å². The van der Waals surface area contributed by atoms with Gasteiger partial charge in [-0.15, -0.1) is 0 Å². The highest BCUT2D eigenvalue weighted by Crippen LogP contribution is 2.35. The third-order valence-electron chi connectivity index (χ3n) is 3.90. The highest BCUT2D eigenvalue weighted by molar-refractivity contribution is 5.87. The standard InChI is InChI=1S/C16H18O2/c1-11-6-7-12-4-2-3-5-14(12)15(11)16(17)13-8-9-18-10-13/h2-7,13,16-17H,8-10H2,1H3. The van der Waals surface area contributed by atoms with Gasteiger partial charge in [0.05, 0.1) is 12.7 Å². The minimum atomic E-state index is -0.418. The topological polar surface area (TPSA) is 29.5 Å². The number of ether oxygens (including phenoxy) is 1. The lowest BCUT2D eigenvalue weighted by molar-refractivity contribution is 0.0924. The van der Waals surface area contributed by atoms with Gasteiger partial charge in [-0.2, -0.15) is 0 Å². The van der Waals surface area contributed by atoms with E-state index in [2.05, 4.69) is 31.2 Å². The predicted molar refractivity (Wildman–Crippen MR) is 72.6 cm³/mol. The number of aliphatic hydroxyl groups excluding tert-OH is 1. The molecule has 3 rings (SSSR count). The van der Waals surface area contributed by atoms with Gasteiger partial charge in [-0.3, -0.25) is 0 Å². The second-order valence-electron chi connectivity index (χ2n) is 5.09. The number of benzene rings is 2. The molecule has 0 spiro atoms. The Balaban J connectivity index is 2.11. The van der Waals surface area contributed by atoms with Crippen molar-refractivity contribution in [1.82, 2.24) is 0 Å². The minimum absolute atomic E-state index is 0.231. The highest BCUT2D eigenvalue weighted by Gasteiger charge is 2.27. The van der Waals surface area contributed by atoms with Crippen molar-refractivity contribution in [1.29, 1.82) is 0 Å². The second kappa shape index (κ2) is 4.71. The number of hydrogen-bond donors (Lipinski definition) is 1. The van der Waals surface area contributed by atoms with E-state index < -0.39 is 6.10 Å². The molecule has 0 saturated carbocycles. The molecule has 2 aromatic rings. The third kappa shape index (κ3) is 1.92. The molecule has 1 N–H and O–H groups in total. The van der Waals surface area contributed by atoms with E-state index in [1.54, 1.807) is 0 Å². The fourth-order valence-electron chi connectivity index (χ4n) is 2.83. The van der Waals surface area contributed by atoms with Crippen molar-refractivity contribution in [2.45, 2.75) is 19.4 Å². The van der Waals surface area contributed by atoms with E-state index in [0.717, 1.165) is 29.5 Å². The summed E-state index contributed by atoms with van der Waals surface area (Å²) in [6.45, 7) is 3.51. The van der Waals surface area contributed by atoms with Crippen LogP contribution in [0.2, 0.25) is 0 Å². The van der Waals surface area contributed by atoms with Crippen LogP contribution in [0.4, 0.5) is 0 Å². The summed E-state index contributed by atoms with van der Waals surface area (Å²) in [4.78, 5) is 0. The van der Waals surface area contributed by atoms with Crippen molar-refractivity contribution in [3.05, 3.63) is 47.5 Å². The van der Waals surface area contributed by atoms with Gasteiger partial charge in [-0.05, 0) is 35.2 Å². The molecule has 1 fully saturated rings. The summed E-state index contributed by atoms with van der Waals surface area (Å²) in [6, 6.07) is 12.5. The molecule has 0 aromatic heterocycles. The predicted octanol–water partition coefficient (Wildman–Crippen LogP) is 3.22. The molecular formula is C16H18O2. The molecule has 1 saturated heterocycles. The normalized spacial score (nSPS) is 21.3. The highest BCUT2D eigenvalue weighted by atomic mass is 16.5. The molecule has 94 valence electrons. The van der Waals surface area contributed by atoms with Crippen LogP contribution in [0.15, 0.2) is 36.4 Å². The fourth-order valence-corrected chi connectivity index (χ4v) is 2.83. The Hall–Kier alpha value is -1.38. The summed E-state index contributed by atoms with van der Waals surface area (Å²) in [5.41, 5.74) is 2.23. The van der Waals surface area contributed by atoms with Gasteiger partial charge in [0.1, 0.15) is 0 Å². The molecule has 0 bridgehead atoms. The van der Waals surface area contributed by atoms with Crippen LogP contribution in [0.3, 0.4) is 0 Å². The summed E-state index contributed by atoms with van der Waals surface area (Å²) >= 11 is 0. The van der Waals surface area contributed by atoms with E-state index >= 15 is 0 Å². The summed E-state index contributed by atoms with van der Waals surface area (Å²) in [7, 11) is 0. The van der Waals surface area contributed by atoms with E-state index in [-0.39, 0.29) is 5.92 Å². The molecule has 2 atom stereocenters. The zero-order valence-corrected chi connectivity index (χ0v) is 10.6. The molecule has 1 aliphatic heterocycles. The maximum absolute atomic E-state index is 10.6. The second-order valence-corrected chi connectivity index (χ2v) is 5.09. The molecule has 18 heavy (non-hydrogen) atoms. The molecule has 2 heteroatoms. The summed E-state index contributed by atoms with van der Waals surface area (Å²) in [5, 5.41) is 13.0. The van der Waals surface area contributed by atoms with E-state index in [0.29, 0.717) is 6.61 Å². The zero-order chi connectivity index (χ0) is 12.5. The molecule has 2 unspecified atom stereocenters. The molecule has 1 heterocycles. The SMILES string of the molecule is Cc1ccc2ccccc2c1C(O)C1CCOC1. The Labute approximate surface area is 107 Å². The van der Waals surface area contributed by atoms with E-state index in [1.165, 1.54) is 5.39 Å². The molecule has 2 aromatic carbocycles. The maximum atomic E-state index is 10.6. The van der Waals surface area contributed by atoms with Crippen molar-refractivity contribution in [2.75, 3.05) is 13.2 Å². The van der Waals surface area contributed by atoms with Gasteiger partial charge in [-0.1, -0.05) is 36.4 Å². The average Bonchev–Trinajstić information content (AvgIpc) is 2.92. The van der Waals surface area contributed by atoms with Gasteiger partial charge < -0.3 is 9.84 Å². The van der Waals surface area contributed by atoms with Crippen molar-refractivity contribution >= 4 is 10.8 Å². The van der Waals surface area contributed by atoms with Gasteiger partial charge in [-0.25, -0.2) is 0 Å². The van der Waals surface area contributed by atoms with Crippen LogP contribution in [0.25, 0.3) is 10.8 Å². The van der Waals surface area contributed by atoms with Crippen molar-refractivity contribution < 1.29 is 9.84 Å². The number of fused-ring (bicyclic) bond motifs is 1. The van der Waals surface area contributed by atoms with Crippen molar-refractivity contribution in [3.63, 3.8) is 0 Å².